The first-order valence-corrected chi connectivity index (χ1v) is 5.94. The van der Waals surface area contributed by atoms with Crippen LogP contribution >= 0.6 is 0 Å². The summed E-state index contributed by atoms with van der Waals surface area (Å²) >= 11 is 0. The zero-order valence-electron chi connectivity index (χ0n) is 10.2. The van der Waals surface area contributed by atoms with Crippen molar-refractivity contribution >= 4 is 5.69 Å². The van der Waals surface area contributed by atoms with E-state index >= 15 is 0 Å². The summed E-state index contributed by atoms with van der Waals surface area (Å²) in [7, 11) is 1.89. The molecule has 0 aliphatic heterocycles. The van der Waals surface area contributed by atoms with Gasteiger partial charge in [-0.05, 0) is 30.7 Å². The molecule has 1 aromatic heterocycles. The Hall–Kier alpha value is -1.84. The van der Waals surface area contributed by atoms with Gasteiger partial charge in [-0.2, -0.15) is 4.98 Å². The van der Waals surface area contributed by atoms with Gasteiger partial charge in [-0.3, -0.25) is 0 Å². The van der Waals surface area contributed by atoms with Gasteiger partial charge in [-0.15, -0.1) is 0 Å². The number of hydrogen-bond donors (Lipinski definition) is 1. The minimum atomic E-state index is 0.596. The molecule has 0 radical (unpaired) electrons. The van der Waals surface area contributed by atoms with E-state index in [0.717, 1.165) is 36.3 Å². The number of rotatable bonds is 5. The van der Waals surface area contributed by atoms with Crippen LogP contribution in [0, 0.1) is 0 Å². The van der Waals surface area contributed by atoms with Crippen molar-refractivity contribution < 1.29 is 4.52 Å². The second-order valence-electron chi connectivity index (χ2n) is 3.95. The molecule has 0 fully saturated rings. The smallest absolute Gasteiger partial charge is 0.257 e. The molecule has 0 saturated heterocycles. The SMILES string of the molecule is CCCCc1noc(-c2ccc(NC)cc2)n1. The Kier molecular flexibility index (Phi) is 3.75. The van der Waals surface area contributed by atoms with Gasteiger partial charge in [0.1, 0.15) is 0 Å². The quantitative estimate of drug-likeness (QED) is 0.859. The molecular weight excluding hydrogens is 214 g/mol. The minimum Gasteiger partial charge on any atom is -0.388 e. The molecule has 0 aliphatic rings. The van der Waals surface area contributed by atoms with Crippen molar-refractivity contribution in [2.75, 3.05) is 12.4 Å². The Bertz CT molecular complexity index is 462. The number of aryl methyl sites for hydroxylation is 1. The molecule has 1 heterocycles. The van der Waals surface area contributed by atoms with Gasteiger partial charge in [0.05, 0.1) is 0 Å². The summed E-state index contributed by atoms with van der Waals surface area (Å²) in [6, 6.07) is 7.93. The molecule has 17 heavy (non-hydrogen) atoms. The maximum Gasteiger partial charge on any atom is 0.257 e. The molecule has 0 aliphatic carbocycles. The van der Waals surface area contributed by atoms with Gasteiger partial charge in [-0.1, -0.05) is 18.5 Å². The lowest BCUT2D eigenvalue weighted by Crippen LogP contribution is -1.88. The van der Waals surface area contributed by atoms with Crippen LogP contribution in [-0.4, -0.2) is 17.2 Å². The van der Waals surface area contributed by atoms with E-state index in [1.54, 1.807) is 0 Å². The van der Waals surface area contributed by atoms with Gasteiger partial charge in [0.25, 0.3) is 5.89 Å². The molecule has 4 heteroatoms. The van der Waals surface area contributed by atoms with Crippen molar-refractivity contribution in [2.45, 2.75) is 26.2 Å². The summed E-state index contributed by atoms with van der Waals surface area (Å²) in [6.45, 7) is 2.15. The van der Waals surface area contributed by atoms with E-state index < -0.39 is 0 Å². The lowest BCUT2D eigenvalue weighted by molar-refractivity contribution is 0.421. The van der Waals surface area contributed by atoms with Crippen molar-refractivity contribution in [2.24, 2.45) is 0 Å². The Labute approximate surface area is 101 Å². The molecule has 0 spiro atoms. The van der Waals surface area contributed by atoms with Crippen LogP contribution in [0.2, 0.25) is 0 Å². The zero-order valence-corrected chi connectivity index (χ0v) is 10.2. The summed E-state index contributed by atoms with van der Waals surface area (Å²) in [5, 5.41) is 7.04. The highest BCUT2D eigenvalue weighted by Crippen LogP contribution is 2.19. The van der Waals surface area contributed by atoms with E-state index in [2.05, 4.69) is 22.4 Å². The molecule has 0 bridgehead atoms. The highest BCUT2D eigenvalue weighted by Gasteiger charge is 2.07. The molecule has 1 N–H and O–H groups in total. The van der Waals surface area contributed by atoms with Crippen LogP contribution in [0.1, 0.15) is 25.6 Å². The standard InChI is InChI=1S/C13H17N3O/c1-3-4-5-12-15-13(17-16-12)10-6-8-11(14-2)9-7-10/h6-9,14H,3-5H2,1-2H3. The van der Waals surface area contributed by atoms with Crippen LogP contribution < -0.4 is 5.32 Å². The normalized spacial score (nSPS) is 10.5. The van der Waals surface area contributed by atoms with E-state index in [0.29, 0.717) is 5.89 Å². The highest BCUT2D eigenvalue weighted by atomic mass is 16.5. The average molecular weight is 231 g/mol. The Morgan fingerprint density at radius 3 is 2.65 bits per heavy atom. The maximum atomic E-state index is 5.24. The summed E-state index contributed by atoms with van der Waals surface area (Å²) in [5.74, 6) is 1.39. The van der Waals surface area contributed by atoms with Gasteiger partial charge < -0.3 is 9.84 Å². The number of nitrogens with zero attached hydrogens (tertiary/aromatic N) is 2. The third kappa shape index (κ3) is 2.84. The van der Waals surface area contributed by atoms with Crippen LogP contribution in [0.4, 0.5) is 5.69 Å². The largest absolute Gasteiger partial charge is 0.388 e. The molecular formula is C13H17N3O. The molecule has 2 aromatic rings. The van der Waals surface area contributed by atoms with Crippen LogP contribution in [0.15, 0.2) is 28.8 Å². The van der Waals surface area contributed by atoms with E-state index in [4.69, 9.17) is 4.52 Å². The van der Waals surface area contributed by atoms with E-state index in [1.807, 2.05) is 31.3 Å². The fourth-order valence-electron chi connectivity index (χ4n) is 1.59. The monoisotopic (exact) mass is 231 g/mol. The lowest BCUT2D eigenvalue weighted by Gasteiger charge is -1.99. The number of nitrogens with one attached hydrogen (secondary N) is 1. The number of aromatic nitrogens is 2. The second kappa shape index (κ2) is 5.48. The molecule has 0 unspecified atom stereocenters. The first-order valence-electron chi connectivity index (χ1n) is 5.94. The fraction of sp³-hybridized carbons (Fsp3) is 0.385. The average Bonchev–Trinajstić information content (AvgIpc) is 2.85. The number of benzene rings is 1. The molecule has 2 rings (SSSR count). The van der Waals surface area contributed by atoms with Crippen molar-refractivity contribution in [1.82, 2.24) is 10.1 Å². The van der Waals surface area contributed by atoms with Crippen molar-refractivity contribution in [3.8, 4) is 11.5 Å². The van der Waals surface area contributed by atoms with E-state index in [9.17, 15) is 0 Å². The minimum absolute atomic E-state index is 0.596. The third-order valence-electron chi connectivity index (χ3n) is 2.64. The molecule has 0 saturated carbocycles. The predicted molar refractivity (Wildman–Crippen MR) is 67.9 cm³/mol. The Balaban J connectivity index is 2.12. The van der Waals surface area contributed by atoms with Crippen LogP contribution in [0.3, 0.4) is 0 Å². The van der Waals surface area contributed by atoms with Gasteiger partial charge in [0, 0.05) is 24.7 Å². The van der Waals surface area contributed by atoms with Crippen molar-refractivity contribution in [1.29, 1.82) is 0 Å². The predicted octanol–water partition coefficient (Wildman–Crippen LogP) is 3.12. The Morgan fingerprint density at radius 1 is 1.24 bits per heavy atom. The summed E-state index contributed by atoms with van der Waals surface area (Å²) < 4.78 is 5.24. The molecule has 1 aromatic carbocycles. The first-order chi connectivity index (χ1) is 8.33. The lowest BCUT2D eigenvalue weighted by atomic mass is 10.2. The summed E-state index contributed by atoms with van der Waals surface area (Å²) in [5.41, 5.74) is 2.03. The third-order valence-corrected chi connectivity index (χ3v) is 2.64. The van der Waals surface area contributed by atoms with E-state index in [-0.39, 0.29) is 0 Å². The van der Waals surface area contributed by atoms with Crippen molar-refractivity contribution in [3.05, 3.63) is 30.1 Å². The van der Waals surface area contributed by atoms with Gasteiger partial charge in [0.2, 0.25) is 0 Å². The number of unbranched alkanes of at least 4 members (excludes halogenated alkanes) is 1. The maximum absolute atomic E-state index is 5.24. The fourth-order valence-corrected chi connectivity index (χ4v) is 1.59. The highest BCUT2D eigenvalue weighted by molar-refractivity contribution is 5.58. The van der Waals surface area contributed by atoms with Gasteiger partial charge in [-0.25, -0.2) is 0 Å². The summed E-state index contributed by atoms with van der Waals surface area (Å²) in [4.78, 5) is 4.38. The first kappa shape index (κ1) is 11.6. The molecule has 0 atom stereocenters. The van der Waals surface area contributed by atoms with Gasteiger partial charge >= 0.3 is 0 Å². The second-order valence-corrected chi connectivity index (χ2v) is 3.95. The molecule has 0 amide bonds. The van der Waals surface area contributed by atoms with Crippen LogP contribution in [-0.2, 0) is 6.42 Å². The number of hydrogen-bond acceptors (Lipinski definition) is 4. The van der Waals surface area contributed by atoms with Crippen LogP contribution in [0.25, 0.3) is 11.5 Å². The van der Waals surface area contributed by atoms with E-state index in [1.165, 1.54) is 0 Å². The van der Waals surface area contributed by atoms with Crippen molar-refractivity contribution in [3.63, 3.8) is 0 Å². The van der Waals surface area contributed by atoms with Crippen LogP contribution in [0.5, 0.6) is 0 Å². The molecule has 4 nitrogen and oxygen atoms in total. The topological polar surface area (TPSA) is 51.0 Å². The molecule has 90 valence electrons. The Morgan fingerprint density at radius 2 is 2.00 bits per heavy atom. The number of anilines is 1. The summed E-state index contributed by atoms with van der Waals surface area (Å²) in [6.07, 6.45) is 3.12. The van der Waals surface area contributed by atoms with Gasteiger partial charge in [0.15, 0.2) is 5.82 Å². The zero-order chi connectivity index (χ0) is 12.1.